The summed E-state index contributed by atoms with van der Waals surface area (Å²) in [5.41, 5.74) is 1.86. The molecule has 7 nitrogen and oxygen atoms in total. The molecule has 3 aromatic rings. The molecule has 0 radical (unpaired) electrons. The number of nitrogens with zero attached hydrogens (tertiary/aromatic N) is 2. The number of hydrogen-bond donors (Lipinski definition) is 0. The monoisotopic (exact) mass is 386 g/mol. The largest absolute Gasteiger partial charge is 0.489 e. The van der Waals surface area contributed by atoms with E-state index in [1.807, 2.05) is 0 Å². The van der Waals surface area contributed by atoms with E-state index < -0.39 is 5.97 Å². The van der Waals surface area contributed by atoms with E-state index in [9.17, 15) is 4.79 Å². The van der Waals surface area contributed by atoms with Crippen molar-refractivity contribution in [3.05, 3.63) is 58.9 Å². The van der Waals surface area contributed by atoms with Gasteiger partial charge in [0.1, 0.15) is 6.61 Å². The third-order valence-corrected chi connectivity index (χ3v) is 4.24. The van der Waals surface area contributed by atoms with Crippen LogP contribution in [0.1, 0.15) is 22.3 Å². The summed E-state index contributed by atoms with van der Waals surface area (Å²) in [6, 6.07) is 10.2. The van der Waals surface area contributed by atoms with E-state index >= 15 is 0 Å². The molecule has 0 spiro atoms. The van der Waals surface area contributed by atoms with Crippen molar-refractivity contribution in [2.24, 2.45) is 0 Å². The van der Waals surface area contributed by atoms with Gasteiger partial charge in [0.05, 0.1) is 23.8 Å². The fourth-order valence-electron chi connectivity index (χ4n) is 2.65. The van der Waals surface area contributed by atoms with Gasteiger partial charge in [-0.2, -0.15) is 0 Å². The number of carbonyl (C=O) groups excluding carboxylic acids is 1. The van der Waals surface area contributed by atoms with Crippen LogP contribution in [0.15, 0.2) is 47.2 Å². The summed E-state index contributed by atoms with van der Waals surface area (Å²) < 4.78 is 21.7. The van der Waals surface area contributed by atoms with Gasteiger partial charge in [-0.1, -0.05) is 11.6 Å². The molecule has 0 unspecified atom stereocenters. The summed E-state index contributed by atoms with van der Waals surface area (Å²) in [5, 5.41) is 7.88. The summed E-state index contributed by atoms with van der Waals surface area (Å²) in [6.45, 7) is 1.18. The Morgan fingerprint density at radius 3 is 2.74 bits per heavy atom. The number of rotatable bonds is 4. The fourth-order valence-corrected chi connectivity index (χ4v) is 2.94. The lowest BCUT2D eigenvalue weighted by Gasteiger charge is -2.12. The second kappa shape index (κ2) is 7.67. The molecule has 0 amide bonds. The third kappa shape index (κ3) is 3.88. The van der Waals surface area contributed by atoms with Crippen molar-refractivity contribution in [2.75, 3.05) is 13.2 Å². The van der Waals surface area contributed by atoms with Gasteiger partial charge >= 0.3 is 5.97 Å². The van der Waals surface area contributed by atoms with Gasteiger partial charge in [0, 0.05) is 12.0 Å². The van der Waals surface area contributed by atoms with Crippen molar-refractivity contribution in [2.45, 2.75) is 13.0 Å². The predicted molar refractivity (Wildman–Crippen MR) is 95.9 cm³/mol. The molecule has 0 aliphatic carbocycles. The Hall–Kier alpha value is -3.06. The van der Waals surface area contributed by atoms with Crippen molar-refractivity contribution in [1.29, 1.82) is 0 Å². The highest BCUT2D eigenvalue weighted by atomic mass is 35.5. The van der Waals surface area contributed by atoms with Crippen molar-refractivity contribution in [3.8, 4) is 23.0 Å². The molecule has 138 valence electrons. The summed E-state index contributed by atoms with van der Waals surface area (Å²) in [4.78, 5) is 12.3. The summed E-state index contributed by atoms with van der Waals surface area (Å²) in [5.74, 6) is 1.03. The van der Waals surface area contributed by atoms with Crippen LogP contribution >= 0.6 is 11.6 Å². The maximum atomic E-state index is 12.3. The Balaban J connectivity index is 1.43. The first-order valence-corrected chi connectivity index (χ1v) is 8.70. The number of hydrogen-bond acceptors (Lipinski definition) is 7. The number of halogens is 1. The summed E-state index contributed by atoms with van der Waals surface area (Å²) in [7, 11) is 0. The first-order chi connectivity index (χ1) is 13.2. The molecule has 0 fully saturated rings. The van der Waals surface area contributed by atoms with Crippen molar-refractivity contribution < 1.29 is 23.4 Å². The zero-order valence-electron chi connectivity index (χ0n) is 14.2. The molecule has 1 aliphatic heterocycles. The Morgan fingerprint density at radius 1 is 1.15 bits per heavy atom. The highest BCUT2D eigenvalue weighted by Gasteiger charge is 2.17. The molecule has 8 heteroatoms. The van der Waals surface area contributed by atoms with E-state index in [2.05, 4.69) is 10.2 Å². The lowest BCUT2D eigenvalue weighted by molar-refractivity contribution is 0.0472. The maximum absolute atomic E-state index is 12.3. The average molecular weight is 387 g/mol. The average Bonchev–Trinajstić information content (AvgIpc) is 3.12. The Labute approximate surface area is 159 Å². The van der Waals surface area contributed by atoms with Crippen LogP contribution in [-0.4, -0.2) is 29.4 Å². The quantitative estimate of drug-likeness (QED) is 0.628. The standard InChI is InChI=1S/C19H15ClN2O5/c20-15-8-12(9-16-17(15)25-7-1-6-24-16)10-26-19(23)14-4-2-13(3-5-14)18-22-21-11-27-18/h2-5,8-9,11H,1,6-7,10H2. The number of ether oxygens (including phenoxy) is 3. The van der Waals surface area contributed by atoms with Crippen LogP contribution in [0.25, 0.3) is 11.5 Å². The molecular weight excluding hydrogens is 372 g/mol. The number of aromatic nitrogens is 2. The minimum absolute atomic E-state index is 0.0700. The normalized spacial score (nSPS) is 13.1. The summed E-state index contributed by atoms with van der Waals surface area (Å²) >= 11 is 6.25. The molecule has 0 saturated carbocycles. The lowest BCUT2D eigenvalue weighted by atomic mass is 10.1. The number of benzene rings is 2. The van der Waals surface area contributed by atoms with Gasteiger partial charge in [0.15, 0.2) is 11.5 Å². The van der Waals surface area contributed by atoms with E-state index in [4.69, 9.17) is 30.2 Å². The number of carbonyl (C=O) groups is 1. The van der Waals surface area contributed by atoms with E-state index in [1.54, 1.807) is 36.4 Å². The van der Waals surface area contributed by atoms with Crippen LogP contribution in [0.2, 0.25) is 5.02 Å². The van der Waals surface area contributed by atoms with Gasteiger partial charge in [-0.05, 0) is 42.0 Å². The van der Waals surface area contributed by atoms with Crippen molar-refractivity contribution >= 4 is 17.6 Å². The maximum Gasteiger partial charge on any atom is 0.338 e. The van der Waals surface area contributed by atoms with Gasteiger partial charge < -0.3 is 18.6 Å². The lowest BCUT2D eigenvalue weighted by Crippen LogP contribution is -2.05. The first kappa shape index (κ1) is 17.4. The Kier molecular flexibility index (Phi) is 4.93. The van der Waals surface area contributed by atoms with Gasteiger partial charge in [-0.15, -0.1) is 10.2 Å². The predicted octanol–water partition coefficient (Wildman–Crippen LogP) is 3.91. The van der Waals surface area contributed by atoms with Crippen LogP contribution in [0.3, 0.4) is 0 Å². The minimum Gasteiger partial charge on any atom is -0.489 e. The molecule has 4 rings (SSSR count). The molecule has 0 atom stereocenters. The molecule has 1 aliphatic rings. The highest BCUT2D eigenvalue weighted by Crippen LogP contribution is 2.38. The van der Waals surface area contributed by atoms with E-state index in [-0.39, 0.29) is 6.61 Å². The zero-order valence-corrected chi connectivity index (χ0v) is 14.9. The van der Waals surface area contributed by atoms with Gasteiger partial charge in [-0.3, -0.25) is 0 Å². The highest BCUT2D eigenvalue weighted by molar-refractivity contribution is 6.32. The third-order valence-electron chi connectivity index (χ3n) is 3.96. The van der Waals surface area contributed by atoms with E-state index in [0.717, 1.165) is 17.5 Å². The minimum atomic E-state index is -0.449. The smallest absolute Gasteiger partial charge is 0.338 e. The fraction of sp³-hybridized carbons (Fsp3) is 0.211. The van der Waals surface area contributed by atoms with Crippen molar-refractivity contribution in [3.63, 3.8) is 0 Å². The van der Waals surface area contributed by atoms with Crippen LogP contribution in [0.4, 0.5) is 0 Å². The van der Waals surface area contributed by atoms with Crippen LogP contribution in [0.5, 0.6) is 11.5 Å². The molecule has 2 aromatic carbocycles. The van der Waals surface area contributed by atoms with E-state index in [1.165, 1.54) is 6.39 Å². The van der Waals surface area contributed by atoms with Gasteiger partial charge in [0.2, 0.25) is 12.3 Å². The van der Waals surface area contributed by atoms with Crippen LogP contribution < -0.4 is 9.47 Å². The topological polar surface area (TPSA) is 83.7 Å². The number of esters is 1. The van der Waals surface area contributed by atoms with Crippen LogP contribution in [-0.2, 0) is 11.3 Å². The zero-order chi connectivity index (χ0) is 18.6. The SMILES string of the molecule is O=C(OCc1cc(Cl)c2c(c1)OCCCO2)c1ccc(-c2nnco2)cc1. The Bertz CT molecular complexity index is 941. The molecule has 0 N–H and O–H groups in total. The molecule has 27 heavy (non-hydrogen) atoms. The first-order valence-electron chi connectivity index (χ1n) is 8.32. The number of fused-ring (bicyclic) bond motifs is 1. The van der Waals surface area contributed by atoms with Gasteiger partial charge in [0.25, 0.3) is 0 Å². The molecule has 0 saturated heterocycles. The molecule has 2 heterocycles. The second-order valence-corrected chi connectivity index (χ2v) is 6.26. The molecule has 0 bridgehead atoms. The molecule has 1 aromatic heterocycles. The van der Waals surface area contributed by atoms with E-state index in [0.29, 0.717) is 41.2 Å². The van der Waals surface area contributed by atoms with Gasteiger partial charge in [-0.25, -0.2) is 4.79 Å². The summed E-state index contributed by atoms with van der Waals surface area (Å²) in [6.07, 6.45) is 2.03. The van der Waals surface area contributed by atoms with Crippen LogP contribution in [0, 0.1) is 0 Å². The Morgan fingerprint density at radius 2 is 1.96 bits per heavy atom. The molecular formula is C19H15ClN2O5. The van der Waals surface area contributed by atoms with Crippen molar-refractivity contribution in [1.82, 2.24) is 10.2 Å². The second-order valence-electron chi connectivity index (χ2n) is 5.85.